The van der Waals surface area contributed by atoms with Crippen molar-refractivity contribution in [1.82, 2.24) is 9.21 Å². The van der Waals surface area contributed by atoms with E-state index in [2.05, 4.69) is 0 Å². The predicted octanol–water partition coefficient (Wildman–Crippen LogP) is 0.953. The molecule has 0 saturated carbocycles. The first-order valence-corrected chi connectivity index (χ1v) is 9.68. The monoisotopic (exact) mass is 338 g/mol. The maximum absolute atomic E-state index is 12.6. The van der Waals surface area contributed by atoms with Crippen molar-refractivity contribution in [2.24, 2.45) is 0 Å². The number of sulfonamides is 1. The molecule has 0 bridgehead atoms. The molecule has 2 heterocycles. The number of morpholine rings is 1. The molecule has 3 rings (SSSR count). The highest BCUT2D eigenvalue weighted by Gasteiger charge is 2.42. The van der Waals surface area contributed by atoms with Gasteiger partial charge in [0.15, 0.2) is 0 Å². The van der Waals surface area contributed by atoms with E-state index in [9.17, 15) is 13.2 Å². The van der Waals surface area contributed by atoms with E-state index in [1.54, 1.807) is 0 Å². The van der Waals surface area contributed by atoms with E-state index in [4.69, 9.17) is 4.74 Å². The third kappa shape index (κ3) is 3.57. The minimum atomic E-state index is -3.16. The van der Waals surface area contributed by atoms with Gasteiger partial charge in [0.1, 0.15) is 0 Å². The number of carbonyl (C=O) groups is 1. The average Bonchev–Trinajstić information content (AvgIpc) is 2.54. The lowest BCUT2D eigenvalue weighted by atomic mass is 9.90. The third-order valence-electron chi connectivity index (χ3n) is 4.66. The van der Waals surface area contributed by atoms with Crippen LogP contribution in [-0.2, 0) is 14.8 Å². The molecular weight excluding hydrogens is 316 g/mol. The molecule has 1 aromatic rings. The second-order valence-electron chi connectivity index (χ2n) is 6.29. The standard InChI is InChI=1S/C16H22N2O4S/c1-23(20,21)18-9-7-16(8-10-18)13-17(11-12-22-16)15(19)14-5-3-2-4-6-14/h2-6H,7-13H2,1H3. The Balaban J connectivity index is 1.68. The van der Waals surface area contributed by atoms with Crippen molar-refractivity contribution in [3.05, 3.63) is 35.9 Å². The minimum Gasteiger partial charge on any atom is -0.371 e. The molecule has 2 aliphatic rings. The van der Waals surface area contributed by atoms with Crippen LogP contribution in [0.5, 0.6) is 0 Å². The molecule has 1 aromatic carbocycles. The van der Waals surface area contributed by atoms with E-state index < -0.39 is 15.6 Å². The van der Waals surface area contributed by atoms with Crippen molar-refractivity contribution >= 4 is 15.9 Å². The van der Waals surface area contributed by atoms with Gasteiger partial charge in [0.2, 0.25) is 10.0 Å². The van der Waals surface area contributed by atoms with Gasteiger partial charge in [-0.05, 0) is 25.0 Å². The molecule has 0 N–H and O–H groups in total. The number of amides is 1. The summed E-state index contributed by atoms with van der Waals surface area (Å²) in [6.07, 6.45) is 2.48. The average molecular weight is 338 g/mol. The number of carbonyl (C=O) groups excluding carboxylic acids is 1. The molecule has 2 aliphatic heterocycles. The van der Waals surface area contributed by atoms with Crippen LogP contribution >= 0.6 is 0 Å². The number of nitrogens with zero attached hydrogens (tertiary/aromatic N) is 2. The molecular formula is C16H22N2O4S. The lowest BCUT2D eigenvalue weighted by molar-refractivity contribution is -0.120. The Labute approximate surface area is 137 Å². The maximum Gasteiger partial charge on any atom is 0.254 e. The van der Waals surface area contributed by atoms with E-state index in [0.717, 1.165) is 0 Å². The van der Waals surface area contributed by atoms with Crippen molar-refractivity contribution in [3.8, 4) is 0 Å². The zero-order chi connectivity index (χ0) is 16.5. The molecule has 6 nitrogen and oxygen atoms in total. The highest BCUT2D eigenvalue weighted by Crippen LogP contribution is 2.31. The number of rotatable bonds is 2. The van der Waals surface area contributed by atoms with Gasteiger partial charge in [0.05, 0.1) is 25.0 Å². The molecule has 23 heavy (non-hydrogen) atoms. The summed E-state index contributed by atoms with van der Waals surface area (Å²) in [6.45, 7) is 2.50. The fraction of sp³-hybridized carbons (Fsp3) is 0.562. The van der Waals surface area contributed by atoms with Crippen LogP contribution in [0.2, 0.25) is 0 Å². The Hall–Kier alpha value is -1.44. The first-order chi connectivity index (χ1) is 10.9. The largest absolute Gasteiger partial charge is 0.371 e. The van der Waals surface area contributed by atoms with Crippen LogP contribution in [0.25, 0.3) is 0 Å². The molecule has 0 aromatic heterocycles. The predicted molar refractivity (Wildman–Crippen MR) is 86.7 cm³/mol. The summed E-state index contributed by atoms with van der Waals surface area (Å²) in [5.74, 6) is 0.0128. The SMILES string of the molecule is CS(=O)(=O)N1CCC2(CC1)CN(C(=O)c1ccccc1)CCO2. The summed E-state index contributed by atoms with van der Waals surface area (Å²) in [4.78, 5) is 14.4. The molecule has 1 amide bonds. The van der Waals surface area contributed by atoms with Crippen molar-refractivity contribution in [2.75, 3.05) is 39.0 Å². The molecule has 7 heteroatoms. The molecule has 0 radical (unpaired) electrons. The zero-order valence-electron chi connectivity index (χ0n) is 13.3. The molecule has 0 atom stereocenters. The van der Waals surface area contributed by atoms with Crippen LogP contribution < -0.4 is 0 Å². The van der Waals surface area contributed by atoms with Gasteiger partial charge in [-0.2, -0.15) is 0 Å². The summed E-state index contributed by atoms with van der Waals surface area (Å²) in [7, 11) is -3.16. The van der Waals surface area contributed by atoms with Crippen molar-refractivity contribution in [1.29, 1.82) is 0 Å². The van der Waals surface area contributed by atoms with Crippen molar-refractivity contribution < 1.29 is 17.9 Å². The van der Waals surface area contributed by atoms with Gasteiger partial charge in [-0.15, -0.1) is 0 Å². The van der Waals surface area contributed by atoms with E-state index in [0.29, 0.717) is 51.2 Å². The zero-order valence-corrected chi connectivity index (χ0v) is 14.1. The van der Waals surface area contributed by atoms with E-state index in [1.807, 2.05) is 35.2 Å². The van der Waals surface area contributed by atoms with Crippen LogP contribution in [-0.4, -0.2) is 68.2 Å². The Morgan fingerprint density at radius 3 is 2.39 bits per heavy atom. The van der Waals surface area contributed by atoms with Gasteiger partial charge < -0.3 is 9.64 Å². The van der Waals surface area contributed by atoms with Crippen LogP contribution in [0.3, 0.4) is 0 Å². The first kappa shape index (κ1) is 16.4. The number of ether oxygens (including phenoxy) is 1. The second kappa shape index (κ2) is 6.22. The number of benzene rings is 1. The highest BCUT2D eigenvalue weighted by molar-refractivity contribution is 7.88. The fourth-order valence-electron chi connectivity index (χ4n) is 3.31. The van der Waals surface area contributed by atoms with Gasteiger partial charge >= 0.3 is 0 Å². The van der Waals surface area contributed by atoms with Crippen LogP contribution in [0, 0.1) is 0 Å². The molecule has 0 unspecified atom stereocenters. The van der Waals surface area contributed by atoms with Crippen LogP contribution in [0.4, 0.5) is 0 Å². The quantitative estimate of drug-likeness (QED) is 0.805. The molecule has 0 aliphatic carbocycles. The lowest BCUT2D eigenvalue weighted by Crippen LogP contribution is -2.58. The Kier molecular flexibility index (Phi) is 4.44. The van der Waals surface area contributed by atoms with Gasteiger partial charge in [0, 0.05) is 25.2 Å². The summed E-state index contributed by atoms with van der Waals surface area (Å²) >= 11 is 0. The fourth-order valence-corrected chi connectivity index (χ4v) is 4.16. The lowest BCUT2D eigenvalue weighted by Gasteiger charge is -2.46. The summed E-state index contributed by atoms with van der Waals surface area (Å²) < 4.78 is 30.7. The van der Waals surface area contributed by atoms with E-state index >= 15 is 0 Å². The van der Waals surface area contributed by atoms with Crippen LogP contribution in [0.1, 0.15) is 23.2 Å². The summed E-state index contributed by atoms with van der Waals surface area (Å²) in [6, 6.07) is 9.23. The normalized spacial score (nSPS) is 22.2. The van der Waals surface area contributed by atoms with Gasteiger partial charge in [-0.25, -0.2) is 12.7 Å². The number of hydrogen-bond donors (Lipinski definition) is 0. The Morgan fingerprint density at radius 2 is 1.78 bits per heavy atom. The molecule has 126 valence electrons. The van der Waals surface area contributed by atoms with Gasteiger partial charge in [0.25, 0.3) is 5.91 Å². The number of hydrogen-bond acceptors (Lipinski definition) is 4. The van der Waals surface area contributed by atoms with E-state index in [-0.39, 0.29) is 5.91 Å². The smallest absolute Gasteiger partial charge is 0.254 e. The topological polar surface area (TPSA) is 66.9 Å². The van der Waals surface area contributed by atoms with Gasteiger partial charge in [-0.3, -0.25) is 4.79 Å². The van der Waals surface area contributed by atoms with Crippen molar-refractivity contribution in [2.45, 2.75) is 18.4 Å². The van der Waals surface area contributed by atoms with E-state index in [1.165, 1.54) is 10.6 Å². The van der Waals surface area contributed by atoms with Gasteiger partial charge in [-0.1, -0.05) is 18.2 Å². The Morgan fingerprint density at radius 1 is 1.13 bits per heavy atom. The highest BCUT2D eigenvalue weighted by atomic mass is 32.2. The first-order valence-electron chi connectivity index (χ1n) is 7.83. The maximum atomic E-state index is 12.6. The van der Waals surface area contributed by atoms with Crippen LogP contribution in [0.15, 0.2) is 30.3 Å². The third-order valence-corrected chi connectivity index (χ3v) is 5.96. The van der Waals surface area contributed by atoms with Crippen molar-refractivity contribution in [3.63, 3.8) is 0 Å². The summed E-state index contributed by atoms with van der Waals surface area (Å²) in [5, 5.41) is 0. The summed E-state index contributed by atoms with van der Waals surface area (Å²) in [5.41, 5.74) is 0.266. The minimum absolute atomic E-state index is 0.0128. The Bertz CT molecular complexity index is 667. The molecule has 2 saturated heterocycles. The molecule has 2 fully saturated rings. The number of piperidine rings is 1. The second-order valence-corrected chi connectivity index (χ2v) is 8.27. The molecule has 1 spiro atoms.